The lowest BCUT2D eigenvalue weighted by Crippen LogP contribution is -2.59. The molecule has 1 saturated heterocycles. The number of amides is 4. The van der Waals surface area contributed by atoms with Crippen LogP contribution in [0.25, 0.3) is 0 Å². The number of nitrogens with zero attached hydrogens (tertiary/aromatic N) is 1. The van der Waals surface area contributed by atoms with E-state index < -0.39 is 36.7 Å². The smallest absolute Gasteiger partial charge is 0.318 e. The van der Waals surface area contributed by atoms with Gasteiger partial charge >= 0.3 is 6.03 Å². The van der Waals surface area contributed by atoms with Gasteiger partial charge in [-0.1, -0.05) is 92.7 Å². The molecule has 9 heteroatoms. The van der Waals surface area contributed by atoms with Crippen LogP contribution in [0, 0.1) is 19.8 Å². The lowest BCUT2D eigenvalue weighted by molar-refractivity contribution is -0.128. The first kappa shape index (κ1) is 31.6. The van der Waals surface area contributed by atoms with Gasteiger partial charge in [-0.3, -0.25) is 9.59 Å². The van der Waals surface area contributed by atoms with Crippen molar-refractivity contribution in [2.45, 2.75) is 77.6 Å². The van der Waals surface area contributed by atoms with Gasteiger partial charge in [-0.2, -0.15) is 0 Å². The molecule has 9 nitrogen and oxygen atoms in total. The first-order valence-corrected chi connectivity index (χ1v) is 16.0. The molecule has 0 bridgehead atoms. The highest BCUT2D eigenvalue weighted by Gasteiger charge is 2.35. The monoisotopic (exact) mass is 630 g/mol. The summed E-state index contributed by atoms with van der Waals surface area (Å²) >= 11 is 0. The molecule has 246 valence electrons. The van der Waals surface area contributed by atoms with Gasteiger partial charge in [0.1, 0.15) is 11.8 Å². The van der Waals surface area contributed by atoms with Crippen LogP contribution in [0.15, 0.2) is 78.9 Å². The predicted octanol–water partition coefficient (Wildman–Crippen LogP) is 4.33. The lowest BCUT2D eigenvalue weighted by Gasteiger charge is -2.37. The van der Waals surface area contributed by atoms with Gasteiger partial charge in [0, 0.05) is 19.1 Å². The molecule has 0 radical (unpaired) electrons. The highest BCUT2D eigenvalue weighted by atomic mass is 16.5. The molecule has 0 saturated carbocycles. The number of hydrogen-bond acceptors (Lipinski definition) is 5. The van der Waals surface area contributed by atoms with Crippen LogP contribution in [0.4, 0.5) is 4.79 Å². The fraction of sp³-hybridized carbons (Fsp3) is 0.432. The topological polar surface area (TPSA) is 120 Å². The van der Waals surface area contributed by atoms with Crippen molar-refractivity contribution >= 4 is 17.8 Å². The van der Waals surface area contributed by atoms with Gasteiger partial charge in [-0.25, -0.2) is 4.79 Å². The van der Waals surface area contributed by atoms with Gasteiger partial charge in [-0.15, -0.1) is 0 Å². The summed E-state index contributed by atoms with van der Waals surface area (Å²) in [5, 5.41) is 20.4. The van der Waals surface area contributed by atoms with E-state index in [0.29, 0.717) is 30.6 Å². The maximum Gasteiger partial charge on any atom is 0.318 e. The Balaban J connectivity index is 1.58. The van der Waals surface area contributed by atoms with Crippen molar-refractivity contribution in [3.05, 3.63) is 101 Å². The van der Waals surface area contributed by atoms with Crippen LogP contribution >= 0.6 is 0 Å². The van der Waals surface area contributed by atoms with Gasteiger partial charge in [-0.05, 0) is 67.7 Å². The number of benzene rings is 3. The first-order valence-electron chi connectivity index (χ1n) is 17.0. The van der Waals surface area contributed by atoms with E-state index in [1.807, 2.05) is 80.6 Å². The number of carbonyl (C=O) groups is 3. The zero-order valence-corrected chi connectivity index (χ0v) is 27.2. The third-order valence-electron chi connectivity index (χ3n) is 8.28. The van der Waals surface area contributed by atoms with Crippen LogP contribution in [0.3, 0.4) is 0 Å². The number of aliphatic hydroxyl groups is 1. The summed E-state index contributed by atoms with van der Waals surface area (Å²) in [6, 6.07) is 21.8. The van der Waals surface area contributed by atoms with Crippen molar-refractivity contribution in [2.24, 2.45) is 5.92 Å². The number of para-hydroxylation sites is 1. The molecular weight excluding hydrogens is 580 g/mol. The second kappa shape index (κ2) is 16.8. The van der Waals surface area contributed by atoms with Gasteiger partial charge in [0.2, 0.25) is 5.91 Å². The molecular formula is C37H48N4O5. The Bertz CT molecular complexity index is 1500. The second-order valence-corrected chi connectivity index (χ2v) is 12.4. The van der Waals surface area contributed by atoms with E-state index in [4.69, 9.17) is 7.48 Å². The van der Waals surface area contributed by atoms with E-state index in [-0.39, 0.29) is 36.4 Å². The Morgan fingerprint density at radius 3 is 2.13 bits per heavy atom. The minimum atomic E-state index is -2.73. The largest absolute Gasteiger partial charge is 0.483 e. The van der Waals surface area contributed by atoms with Crippen LogP contribution in [0.2, 0.25) is 0 Å². The minimum absolute atomic E-state index is 0.0518. The summed E-state index contributed by atoms with van der Waals surface area (Å²) in [5.41, 5.74) is 3.15. The highest BCUT2D eigenvalue weighted by molar-refractivity contribution is 5.87. The number of carbonyl (C=O) groups excluding carboxylic acids is 3. The van der Waals surface area contributed by atoms with Gasteiger partial charge < -0.3 is 30.7 Å². The number of nitrogens with one attached hydrogen (secondary N) is 3. The van der Waals surface area contributed by atoms with E-state index in [1.54, 1.807) is 30.9 Å². The summed E-state index contributed by atoms with van der Waals surface area (Å²) in [5.74, 6) is -1.23. The van der Waals surface area contributed by atoms with Crippen LogP contribution in [0.5, 0.6) is 5.75 Å². The Morgan fingerprint density at radius 1 is 0.935 bits per heavy atom. The van der Waals surface area contributed by atoms with Crippen LogP contribution in [-0.2, 0) is 22.4 Å². The molecule has 1 aliphatic rings. The third-order valence-corrected chi connectivity index (χ3v) is 8.28. The first-order chi connectivity index (χ1) is 22.9. The molecule has 4 rings (SSSR count). The second-order valence-electron chi connectivity index (χ2n) is 12.4. The van der Waals surface area contributed by atoms with Crippen molar-refractivity contribution in [2.75, 3.05) is 19.6 Å². The van der Waals surface area contributed by atoms with Crippen molar-refractivity contribution < 1.29 is 27.0 Å². The molecule has 1 aliphatic heterocycles. The molecule has 1 heterocycles. The quantitative estimate of drug-likeness (QED) is 0.199. The van der Waals surface area contributed by atoms with Crippen molar-refractivity contribution in [3.8, 4) is 5.75 Å². The Kier molecular flexibility index (Phi) is 11.5. The van der Waals surface area contributed by atoms with E-state index in [0.717, 1.165) is 17.5 Å². The summed E-state index contributed by atoms with van der Waals surface area (Å²) < 4.78 is 22.7. The Labute approximate surface area is 275 Å². The summed E-state index contributed by atoms with van der Waals surface area (Å²) in [6.45, 7) is 5.64. The SMILES string of the molecule is [2H]C([2H])(Oc1c(C)cccc1C)C(=O)N[C@@H](Cc1ccccc1)[C@@H](O)C[C@H](Cc1ccccc1)NC(=O)[C@H](C(C)C)N1CCCNC1=O. The zero-order valence-electron chi connectivity index (χ0n) is 29.2. The van der Waals surface area contributed by atoms with Crippen molar-refractivity contribution in [1.82, 2.24) is 20.9 Å². The lowest BCUT2D eigenvalue weighted by atomic mass is 9.92. The fourth-order valence-corrected chi connectivity index (χ4v) is 5.96. The number of hydrogen-bond donors (Lipinski definition) is 4. The normalized spacial score (nSPS) is 16.7. The molecule has 1 fully saturated rings. The third kappa shape index (κ3) is 9.81. The minimum Gasteiger partial charge on any atom is -0.483 e. The van der Waals surface area contributed by atoms with Crippen LogP contribution < -0.4 is 20.7 Å². The van der Waals surface area contributed by atoms with E-state index in [9.17, 15) is 19.5 Å². The van der Waals surface area contributed by atoms with E-state index >= 15 is 0 Å². The maximum atomic E-state index is 13.9. The molecule has 4 atom stereocenters. The molecule has 0 aromatic heterocycles. The number of aliphatic hydroxyl groups excluding tert-OH is 1. The number of aryl methyl sites for hydroxylation is 2. The number of ether oxygens (including phenoxy) is 1. The van der Waals surface area contributed by atoms with Gasteiger partial charge in [0.05, 0.1) is 14.9 Å². The molecule has 0 aliphatic carbocycles. The molecule has 46 heavy (non-hydrogen) atoms. The Hall–Kier alpha value is -4.37. The average molecular weight is 631 g/mol. The molecule has 4 amide bonds. The van der Waals surface area contributed by atoms with Crippen molar-refractivity contribution in [3.63, 3.8) is 0 Å². The molecule has 0 unspecified atom stereocenters. The predicted molar refractivity (Wildman–Crippen MR) is 180 cm³/mol. The van der Waals surface area contributed by atoms with Crippen LogP contribution in [0.1, 0.15) is 51.7 Å². The zero-order chi connectivity index (χ0) is 34.8. The summed E-state index contributed by atoms with van der Waals surface area (Å²) in [4.78, 5) is 41.6. The van der Waals surface area contributed by atoms with Gasteiger partial charge in [0.15, 0.2) is 6.56 Å². The maximum absolute atomic E-state index is 13.9. The average Bonchev–Trinajstić information content (AvgIpc) is 3.04. The van der Waals surface area contributed by atoms with Crippen molar-refractivity contribution in [1.29, 1.82) is 0 Å². The molecule has 0 spiro atoms. The summed E-state index contributed by atoms with van der Waals surface area (Å²) in [6.07, 6.45) is 0.201. The van der Waals surface area contributed by atoms with E-state index in [2.05, 4.69) is 16.0 Å². The highest BCUT2D eigenvalue weighted by Crippen LogP contribution is 2.22. The molecule has 3 aromatic rings. The molecule has 4 N–H and O–H groups in total. The summed E-state index contributed by atoms with van der Waals surface area (Å²) in [7, 11) is 0. The van der Waals surface area contributed by atoms with Gasteiger partial charge in [0.25, 0.3) is 5.91 Å². The van der Waals surface area contributed by atoms with Crippen LogP contribution in [-0.4, -0.2) is 71.7 Å². The number of rotatable bonds is 15. The number of urea groups is 1. The standard InChI is InChI=1S/C37H48N4O5/c1-25(2)34(41-20-12-19-38-37(41)45)36(44)39-30(21-28-15-7-5-8-16-28)23-32(42)31(22-29-17-9-6-10-18-29)40-33(43)24-46-35-26(3)13-11-14-27(35)4/h5-11,13-18,25,30-32,34,42H,12,19-24H2,1-4H3,(H,38,45)(H,39,44)(H,40,43)/t30-,31-,32-,34-/m0/s1/i24D2. The fourth-order valence-electron chi connectivity index (χ4n) is 5.96. The molecule has 3 aromatic carbocycles. The van der Waals surface area contributed by atoms with E-state index in [1.165, 1.54) is 0 Å². The Morgan fingerprint density at radius 2 is 1.54 bits per heavy atom.